The van der Waals surface area contributed by atoms with Gasteiger partial charge in [-0.25, -0.2) is 4.39 Å². The van der Waals surface area contributed by atoms with Crippen molar-refractivity contribution in [1.29, 1.82) is 0 Å². The Labute approximate surface area is 147 Å². The first-order chi connectivity index (χ1) is 11.9. The number of aryl methyl sites for hydroxylation is 1. The highest BCUT2D eigenvalue weighted by Gasteiger charge is 2.20. The van der Waals surface area contributed by atoms with Gasteiger partial charge in [0.05, 0.1) is 24.7 Å². The summed E-state index contributed by atoms with van der Waals surface area (Å²) in [6.45, 7) is 1.94. The first-order valence-corrected chi connectivity index (χ1v) is 8.31. The maximum Gasteiger partial charge on any atom is 0.325 e. The number of thiophene rings is 1. The zero-order chi connectivity index (χ0) is 18.1. The Morgan fingerprint density at radius 2 is 1.96 bits per heavy atom. The van der Waals surface area contributed by atoms with Crippen molar-refractivity contribution < 1.29 is 23.5 Å². The van der Waals surface area contributed by atoms with Gasteiger partial charge in [0.1, 0.15) is 22.9 Å². The highest BCUT2D eigenvalue weighted by atomic mass is 32.1. The number of fused-ring (bicyclic) bond motifs is 1. The van der Waals surface area contributed by atoms with E-state index in [4.69, 9.17) is 9.47 Å². The van der Waals surface area contributed by atoms with Crippen LogP contribution in [0.15, 0.2) is 30.3 Å². The third kappa shape index (κ3) is 3.15. The van der Waals surface area contributed by atoms with Crippen molar-refractivity contribution in [3.63, 3.8) is 0 Å². The van der Waals surface area contributed by atoms with Crippen LogP contribution in [0.1, 0.15) is 20.9 Å². The van der Waals surface area contributed by atoms with Crippen molar-refractivity contribution in [3.05, 3.63) is 52.3 Å². The molecule has 1 aromatic carbocycles. The third-order valence-electron chi connectivity index (χ3n) is 3.94. The molecule has 0 N–H and O–H groups in total. The predicted octanol–water partition coefficient (Wildman–Crippen LogP) is 3.56. The molecule has 25 heavy (non-hydrogen) atoms. The van der Waals surface area contributed by atoms with Gasteiger partial charge >= 0.3 is 5.97 Å². The molecule has 0 spiro atoms. The number of ketones is 1. The molecule has 3 aromatic rings. The number of hydrogen-bond donors (Lipinski definition) is 0. The van der Waals surface area contributed by atoms with Crippen LogP contribution in [0.4, 0.5) is 4.39 Å². The topological polar surface area (TPSA) is 57.5 Å². The number of nitrogens with zero attached hydrogens (tertiary/aromatic N) is 1. The molecule has 0 aliphatic heterocycles. The minimum atomic E-state index is -0.629. The highest BCUT2D eigenvalue weighted by molar-refractivity contribution is 7.20. The van der Waals surface area contributed by atoms with Gasteiger partial charge in [-0.05, 0) is 31.2 Å². The largest absolute Gasteiger partial charge is 0.497 e. The Morgan fingerprint density at radius 3 is 2.60 bits per heavy atom. The molecule has 0 fully saturated rings. The molecule has 0 bridgehead atoms. The van der Waals surface area contributed by atoms with Crippen LogP contribution in [-0.2, 0) is 16.1 Å². The summed E-state index contributed by atoms with van der Waals surface area (Å²) in [6, 6.07) is 7.74. The van der Waals surface area contributed by atoms with E-state index in [0.717, 1.165) is 15.9 Å². The molecule has 0 unspecified atom stereocenters. The van der Waals surface area contributed by atoms with Gasteiger partial charge in [0.15, 0.2) is 0 Å². The Hall–Kier alpha value is -2.67. The summed E-state index contributed by atoms with van der Waals surface area (Å²) in [5, 5.41) is 0.837. The van der Waals surface area contributed by atoms with Crippen LogP contribution in [0.3, 0.4) is 0 Å². The lowest BCUT2D eigenvalue weighted by atomic mass is 10.1. The average Bonchev–Trinajstić information content (AvgIpc) is 3.13. The van der Waals surface area contributed by atoms with E-state index in [-0.39, 0.29) is 18.1 Å². The van der Waals surface area contributed by atoms with E-state index in [1.807, 2.05) is 13.0 Å². The Bertz CT molecular complexity index is 973. The fourth-order valence-corrected chi connectivity index (χ4v) is 3.77. The van der Waals surface area contributed by atoms with Crippen LogP contribution in [-0.4, -0.2) is 30.5 Å². The summed E-state index contributed by atoms with van der Waals surface area (Å²) in [4.78, 5) is 25.4. The summed E-state index contributed by atoms with van der Waals surface area (Å²) < 4.78 is 25.6. The summed E-state index contributed by atoms with van der Waals surface area (Å²) in [5.41, 5.74) is 0.877. The number of esters is 1. The van der Waals surface area contributed by atoms with Gasteiger partial charge in [-0.3, -0.25) is 9.59 Å². The summed E-state index contributed by atoms with van der Waals surface area (Å²) in [5.74, 6) is -1.05. The monoisotopic (exact) mass is 361 g/mol. The molecule has 0 amide bonds. The second-order valence-electron chi connectivity index (χ2n) is 5.49. The van der Waals surface area contributed by atoms with E-state index in [2.05, 4.69) is 0 Å². The highest BCUT2D eigenvalue weighted by Crippen LogP contribution is 2.31. The molecule has 0 aliphatic carbocycles. The van der Waals surface area contributed by atoms with Crippen LogP contribution in [0.5, 0.6) is 5.75 Å². The summed E-state index contributed by atoms with van der Waals surface area (Å²) in [7, 11) is 2.76. The number of carbonyl (C=O) groups is 2. The van der Waals surface area contributed by atoms with E-state index >= 15 is 0 Å². The minimum absolute atomic E-state index is 0.0130. The van der Waals surface area contributed by atoms with Gasteiger partial charge in [-0.1, -0.05) is 0 Å². The number of carbonyl (C=O) groups excluding carboxylic acids is 2. The lowest BCUT2D eigenvalue weighted by Crippen LogP contribution is -2.11. The maximum absolute atomic E-state index is 14.2. The molecular formula is C18H16FNO4S. The number of methoxy groups -OCH3 is 2. The van der Waals surface area contributed by atoms with Gasteiger partial charge in [0.2, 0.25) is 5.78 Å². The molecule has 0 saturated heterocycles. The average molecular weight is 361 g/mol. The van der Waals surface area contributed by atoms with E-state index in [1.54, 1.807) is 16.7 Å². The van der Waals surface area contributed by atoms with Crippen LogP contribution in [0.2, 0.25) is 0 Å². The Kier molecular flexibility index (Phi) is 4.59. The first-order valence-electron chi connectivity index (χ1n) is 7.49. The smallest absolute Gasteiger partial charge is 0.325 e. The van der Waals surface area contributed by atoms with Crippen molar-refractivity contribution in [1.82, 2.24) is 4.57 Å². The normalized spacial score (nSPS) is 10.9. The van der Waals surface area contributed by atoms with Gasteiger partial charge in [-0.2, -0.15) is 0 Å². The SMILES string of the molecule is COC(=O)Cn1c(C)cc2cc(C(=O)c3ccc(OC)cc3F)sc21. The molecule has 7 heteroatoms. The van der Waals surface area contributed by atoms with E-state index < -0.39 is 11.6 Å². The summed E-state index contributed by atoms with van der Waals surface area (Å²) >= 11 is 1.23. The van der Waals surface area contributed by atoms with Crippen molar-refractivity contribution in [2.24, 2.45) is 0 Å². The maximum atomic E-state index is 14.2. The first kappa shape index (κ1) is 17.2. The number of ether oxygens (including phenoxy) is 2. The second-order valence-corrected chi connectivity index (χ2v) is 6.52. The zero-order valence-corrected chi connectivity index (χ0v) is 14.8. The molecule has 0 atom stereocenters. The Morgan fingerprint density at radius 1 is 1.20 bits per heavy atom. The molecule has 3 rings (SSSR count). The summed E-state index contributed by atoms with van der Waals surface area (Å²) in [6.07, 6.45) is 0. The predicted molar refractivity (Wildman–Crippen MR) is 93.0 cm³/mol. The molecule has 0 radical (unpaired) electrons. The van der Waals surface area contributed by atoms with Crippen molar-refractivity contribution in [2.45, 2.75) is 13.5 Å². The lowest BCUT2D eigenvalue weighted by Gasteiger charge is -2.05. The van der Waals surface area contributed by atoms with Gasteiger partial charge < -0.3 is 14.0 Å². The Balaban J connectivity index is 1.99. The van der Waals surface area contributed by atoms with Gasteiger partial charge in [0, 0.05) is 17.1 Å². The van der Waals surface area contributed by atoms with E-state index in [0.29, 0.717) is 10.6 Å². The second kappa shape index (κ2) is 6.68. The van der Waals surface area contributed by atoms with Crippen LogP contribution < -0.4 is 4.74 Å². The molecule has 2 heterocycles. The van der Waals surface area contributed by atoms with Crippen LogP contribution in [0, 0.1) is 12.7 Å². The van der Waals surface area contributed by atoms with E-state index in [9.17, 15) is 14.0 Å². The van der Waals surface area contributed by atoms with Crippen LogP contribution in [0.25, 0.3) is 10.2 Å². The quantitative estimate of drug-likeness (QED) is 0.515. The lowest BCUT2D eigenvalue weighted by molar-refractivity contribution is -0.141. The van der Waals surface area contributed by atoms with E-state index in [1.165, 1.54) is 37.7 Å². The van der Waals surface area contributed by atoms with Crippen molar-refractivity contribution >= 4 is 33.3 Å². The molecule has 2 aromatic heterocycles. The number of halogens is 1. The zero-order valence-electron chi connectivity index (χ0n) is 14.0. The third-order valence-corrected chi connectivity index (χ3v) is 5.11. The van der Waals surface area contributed by atoms with Crippen molar-refractivity contribution in [2.75, 3.05) is 14.2 Å². The van der Waals surface area contributed by atoms with Crippen LogP contribution >= 0.6 is 11.3 Å². The molecular weight excluding hydrogens is 345 g/mol. The number of hydrogen-bond acceptors (Lipinski definition) is 5. The number of rotatable bonds is 5. The molecule has 5 nitrogen and oxygen atoms in total. The molecule has 0 aliphatic rings. The molecule has 0 saturated carbocycles. The van der Waals surface area contributed by atoms with Gasteiger partial charge in [-0.15, -0.1) is 11.3 Å². The fourth-order valence-electron chi connectivity index (χ4n) is 2.61. The standard InChI is InChI=1S/C18H16FNO4S/c1-10-6-11-7-15(25-18(11)20(10)9-16(21)24-3)17(22)13-5-4-12(23-2)8-14(13)19/h4-8H,9H2,1-3H3. The number of aromatic nitrogens is 1. The number of benzene rings is 1. The van der Waals surface area contributed by atoms with Crippen molar-refractivity contribution in [3.8, 4) is 5.75 Å². The minimum Gasteiger partial charge on any atom is -0.497 e. The van der Waals surface area contributed by atoms with Gasteiger partial charge in [0.25, 0.3) is 0 Å². The fraction of sp³-hybridized carbons (Fsp3) is 0.222. The molecule has 130 valence electrons.